The van der Waals surface area contributed by atoms with Crippen LogP contribution in [0.25, 0.3) is 0 Å². The molecule has 1 aliphatic carbocycles. The van der Waals surface area contributed by atoms with Crippen molar-refractivity contribution in [3.8, 4) is 0 Å². The maximum atomic E-state index is 11.9. The predicted molar refractivity (Wildman–Crippen MR) is 65.0 cm³/mol. The molecule has 2 unspecified atom stereocenters. The summed E-state index contributed by atoms with van der Waals surface area (Å²) in [5.74, 6) is 1.15. The van der Waals surface area contributed by atoms with Crippen LogP contribution in [0, 0.1) is 5.92 Å². The Morgan fingerprint density at radius 2 is 1.94 bits per heavy atom. The van der Waals surface area contributed by atoms with Crippen LogP contribution in [0.4, 0.5) is 0 Å². The lowest BCUT2D eigenvalue weighted by Crippen LogP contribution is -2.36. The number of nitrogens with zero attached hydrogens (tertiary/aromatic N) is 1. The topological polar surface area (TPSA) is 32.3 Å². The van der Waals surface area contributed by atoms with E-state index in [4.69, 9.17) is 0 Å². The fourth-order valence-electron chi connectivity index (χ4n) is 3.06. The zero-order valence-electron chi connectivity index (χ0n) is 10.5. The zero-order chi connectivity index (χ0) is 11.5. The minimum absolute atomic E-state index is 0.0151. The van der Waals surface area contributed by atoms with E-state index in [0.29, 0.717) is 0 Å². The Morgan fingerprint density at radius 3 is 2.50 bits per heavy atom. The maximum absolute atomic E-state index is 11.9. The van der Waals surface area contributed by atoms with Gasteiger partial charge in [-0.1, -0.05) is 32.1 Å². The molecule has 0 aromatic heterocycles. The summed E-state index contributed by atoms with van der Waals surface area (Å²) in [4.78, 5) is 13.9. The highest BCUT2D eigenvalue weighted by Crippen LogP contribution is 2.27. The standard InChI is InChI=1S/C13H24N2O/c1-10-13(16)15(11(2)14-10)9-8-12-6-4-3-5-7-12/h10-12,14H,3-9H2,1-2H3. The molecule has 1 saturated carbocycles. The van der Waals surface area contributed by atoms with Crippen LogP contribution in [-0.4, -0.2) is 29.6 Å². The van der Waals surface area contributed by atoms with E-state index in [1.807, 2.05) is 11.8 Å². The molecular formula is C13H24N2O. The average Bonchev–Trinajstić information content (AvgIpc) is 2.53. The molecular weight excluding hydrogens is 200 g/mol. The third-order valence-corrected chi connectivity index (χ3v) is 4.12. The Balaban J connectivity index is 1.78. The van der Waals surface area contributed by atoms with Gasteiger partial charge in [0.1, 0.15) is 0 Å². The van der Waals surface area contributed by atoms with Gasteiger partial charge in [-0.2, -0.15) is 0 Å². The minimum atomic E-state index is 0.0151. The van der Waals surface area contributed by atoms with E-state index < -0.39 is 0 Å². The van der Waals surface area contributed by atoms with Gasteiger partial charge in [0.25, 0.3) is 0 Å². The van der Waals surface area contributed by atoms with Gasteiger partial charge in [0.2, 0.25) is 5.91 Å². The van der Waals surface area contributed by atoms with Gasteiger partial charge < -0.3 is 4.90 Å². The summed E-state index contributed by atoms with van der Waals surface area (Å²) in [6.07, 6.45) is 8.37. The highest BCUT2D eigenvalue weighted by atomic mass is 16.2. The van der Waals surface area contributed by atoms with E-state index in [1.54, 1.807) is 0 Å². The molecule has 0 radical (unpaired) electrons. The van der Waals surface area contributed by atoms with Crippen LogP contribution in [-0.2, 0) is 4.79 Å². The SMILES string of the molecule is CC1NC(C)N(CCC2CCCCC2)C1=O. The van der Waals surface area contributed by atoms with E-state index in [1.165, 1.54) is 38.5 Å². The number of amides is 1. The van der Waals surface area contributed by atoms with Crippen molar-refractivity contribution >= 4 is 5.91 Å². The Hall–Kier alpha value is -0.570. The molecule has 2 aliphatic rings. The van der Waals surface area contributed by atoms with E-state index >= 15 is 0 Å². The van der Waals surface area contributed by atoms with Gasteiger partial charge in [-0.25, -0.2) is 0 Å². The summed E-state index contributed by atoms with van der Waals surface area (Å²) < 4.78 is 0. The molecule has 1 aliphatic heterocycles. The molecule has 1 heterocycles. The van der Waals surface area contributed by atoms with Crippen molar-refractivity contribution < 1.29 is 4.79 Å². The van der Waals surface area contributed by atoms with Gasteiger partial charge in [0.15, 0.2) is 0 Å². The van der Waals surface area contributed by atoms with Crippen LogP contribution in [0.5, 0.6) is 0 Å². The summed E-state index contributed by atoms with van der Waals surface area (Å²) in [5, 5.41) is 3.28. The highest BCUT2D eigenvalue weighted by Gasteiger charge is 2.33. The van der Waals surface area contributed by atoms with E-state index in [-0.39, 0.29) is 18.1 Å². The number of rotatable bonds is 3. The molecule has 1 amide bonds. The lowest BCUT2D eigenvalue weighted by Gasteiger charge is -2.26. The van der Waals surface area contributed by atoms with Gasteiger partial charge >= 0.3 is 0 Å². The van der Waals surface area contributed by atoms with Gasteiger partial charge in [-0.3, -0.25) is 10.1 Å². The number of carbonyl (C=O) groups is 1. The maximum Gasteiger partial charge on any atom is 0.240 e. The second kappa shape index (κ2) is 5.17. The molecule has 0 aromatic carbocycles. The van der Waals surface area contributed by atoms with Gasteiger partial charge in [0, 0.05) is 6.54 Å². The van der Waals surface area contributed by atoms with Gasteiger partial charge in [-0.15, -0.1) is 0 Å². The first kappa shape index (κ1) is 11.9. The lowest BCUT2D eigenvalue weighted by atomic mass is 9.87. The molecule has 0 spiro atoms. The molecule has 0 aromatic rings. The smallest absolute Gasteiger partial charge is 0.240 e. The van der Waals surface area contributed by atoms with Crippen molar-refractivity contribution in [2.45, 2.75) is 64.6 Å². The van der Waals surface area contributed by atoms with Crippen LogP contribution in [0.2, 0.25) is 0 Å². The van der Waals surface area contributed by atoms with Crippen molar-refractivity contribution in [3.05, 3.63) is 0 Å². The summed E-state index contributed by atoms with van der Waals surface area (Å²) in [6.45, 7) is 4.99. The molecule has 2 rings (SSSR count). The summed E-state index contributed by atoms with van der Waals surface area (Å²) in [7, 11) is 0. The molecule has 1 saturated heterocycles. The Kier molecular flexibility index (Phi) is 3.85. The molecule has 16 heavy (non-hydrogen) atoms. The normalized spacial score (nSPS) is 32.4. The number of carbonyl (C=O) groups excluding carboxylic acids is 1. The van der Waals surface area contributed by atoms with E-state index in [9.17, 15) is 4.79 Å². The molecule has 3 nitrogen and oxygen atoms in total. The third-order valence-electron chi connectivity index (χ3n) is 4.12. The quantitative estimate of drug-likeness (QED) is 0.796. The third kappa shape index (κ3) is 2.57. The first-order valence-corrected chi connectivity index (χ1v) is 6.75. The molecule has 2 fully saturated rings. The number of nitrogens with one attached hydrogen (secondary N) is 1. The first-order chi connectivity index (χ1) is 7.68. The Labute approximate surface area is 98.6 Å². The molecule has 0 bridgehead atoms. The summed E-state index contributed by atoms with van der Waals surface area (Å²) in [6, 6.07) is 0.0151. The second-order valence-electron chi connectivity index (χ2n) is 5.39. The van der Waals surface area contributed by atoms with Crippen LogP contribution >= 0.6 is 0 Å². The monoisotopic (exact) mass is 224 g/mol. The summed E-state index contributed by atoms with van der Waals surface area (Å²) >= 11 is 0. The van der Waals surface area contributed by atoms with E-state index in [2.05, 4.69) is 12.2 Å². The number of hydrogen-bond donors (Lipinski definition) is 1. The molecule has 3 heteroatoms. The van der Waals surface area contributed by atoms with Crippen molar-refractivity contribution in [1.82, 2.24) is 10.2 Å². The van der Waals surface area contributed by atoms with Crippen molar-refractivity contribution in [3.63, 3.8) is 0 Å². The van der Waals surface area contributed by atoms with Gasteiger partial charge in [0.05, 0.1) is 12.2 Å². The van der Waals surface area contributed by atoms with Crippen LogP contribution in [0.15, 0.2) is 0 Å². The fourth-order valence-corrected chi connectivity index (χ4v) is 3.06. The Morgan fingerprint density at radius 1 is 1.25 bits per heavy atom. The highest BCUT2D eigenvalue weighted by molar-refractivity contribution is 5.83. The number of hydrogen-bond acceptors (Lipinski definition) is 2. The van der Waals surface area contributed by atoms with Crippen molar-refractivity contribution in [1.29, 1.82) is 0 Å². The second-order valence-corrected chi connectivity index (χ2v) is 5.39. The predicted octanol–water partition coefficient (Wildman–Crippen LogP) is 2.12. The van der Waals surface area contributed by atoms with Gasteiger partial charge in [-0.05, 0) is 26.2 Å². The van der Waals surface area contributed by atoms with E-state index in [0.717, 1.165) is 12.5 Å². The van der Waals surface area contributed by atoms with Crippen LogP contribution in [0.1, 0.15) is 52.4 Å². The largest absolute Gasteiger partial charge is 0.326 e. The van der Waals surface area contributed by atoms with Crippen molar-refractivity contribution in [2.75, 3.05) is 6.54 Å². The molecule has 2 atom stereocenters. The minimum Gasteiger partial charge on any atom is -0.326 e. The Bertz CT molecular complexity index is 248. The zero-order valence-corrected chi connectivity index (χ0v) is 10.5. The molecule has 1 N–H and O–H groups in total. The lowest BCUT2D eigenvalue weighted by molar-refractivity contribution is -0.129. The molecule has 92 valence electrons. The average molecular weight is 224 g/mol. The summed E-state index contributed by atoms with van der Waals surface area (Å²) in [5.41, 5.74) is 0. The van der Waals surface area contributed by atoms with Crippen LogP contribution in [0.3, 0.4) is 0 Å². The van der Waals surface area contributed by atoms with Crippen LogP contribution < -0.4 is 5.32 Å². The first-order valence-electron chi connectivity index (χ1n) is 6.75. The van der Waals surface area contributed by atoms with Crippen molar-refractivity contribution in [2.24, 2.45) is 5.92 Å². The fraction of sp³-hybridized carbons (Fsp3) is 0.923.